The maximum absolute atomic E-state index is 12.5. The van der Waals surface area contributed by atoms with Gasteiger partial charge in [0, 0.05) is 38.4 Å². The van der Waals surface area contributed by atoms with E-state index in [0.717, 1.165) is 62.5 Å². The van der Waals surface area contributed by atoms with E-state index in [2.05, 4.69) is 29.3 Å². The van der Waals surface area contributed by atoms with Gasteiger partial charge in [0.15, 0.2) is 0 Å². The number of aromatic nitrogens is 1. The zero-order valence-electron chi connectivity index (χ0n) is 17.9. The molecule has 0 saturated carbocycles. The van der Waals surface area contributed by atoms with Crippen LogP contribution in [0.1, 0.15) is 43.2 Å². The maximum Gasteiger partial charge on any atom is 0.226 e. The summed E-state index contributed by atoms with van der Waals surface area (Å²) in [6.07, 6.45) is 2.83. The minimum absolute atomic E-state index is 0.0410. The molecule has 6 nitrogen and oxygen atoms in total. The summed E-state index contributed by atoms with van der Waals surface area (Å²) in [5, 5.41) is 3.06. The van der Waals surface area contributed by atoms with E-state index in [1.54, 1.807) is 0 Å². The summed E-state index contributed by atoms with van der Waals surface area (Å²) >= 11 is 0. The van der Waals surface area contributed by atoms with Gasteiger partial charge < -0.3 is 14.5 Å². The number of likely N-dealkylation sites (tertiary alicyclic amines) is 1. The predicted molar refractivity (Wildman–Crippen MR) is 114 cm³/mol. The average molecular weight is 400 g/mol. The number of piperidine rings is 1. The first kappa shape index (κ1) is 21.5. The molecule has 1 amide bonds. The Labute approximate surface area is 173 Å². The van der Waals surface area contributed by atoms with Gasteiger partial charge in [0.25, 0.3) is 0 Å². The zero-order valence-corrected chi connectivity index (χ0v) is 17.9. The van der Waals surface area contributed by atoms with E-state index in [4.69, 9.17) is 14.1 Å². The van der Waals surface area contributed by atoms with Crippen molar-refractivity contribution in [3.63, 3.8) is 0 Å². The molecule has 1 aliphatic heterocycles. The predicted octanol–water partition coefficient (Wildman–Crippen LogP) is 3.71. The summed E-state index contributed by atoms with van der Waals surface area (Å²) < 4.78 is 11.2. The van der Waals surface area contributed by atoms with Crippen molar-refractivity contribution in [3.05, 3.63) is 41.3 Å². The fourth-order valence-electron chi connectivity index (χ4n) is 3.78. The molecular formula is C23H33N3O3. The van der Waals surface area contributed by atoms with Crippen LogP contribution in [0.5, 0.6) is 0 Å². The van der Waals surface area contributed by atoms with Crippen LogP contribution in [0.3, 0.4) is 0 Å². The smallest absolute Gasteiger partial charge is 0.226 e. The number of hydrogen-bond donors (Lipinski definition) is 1. The molecule has 2 aromatic rings. The quantitative estimate of drug-likeness (QED) is 0.651. The van der Waals surface area contributed by atoms with Crippen LogP contribution in [0, 0.1) is 19.8 Å². The van der Waals surface area contributed by atoms with Crippen LogP contribution in [-0.2, 0) is 16.1 Å². The van der Waals surface area contributed by atoms with Crippen molar-refractivity contribution in [2.24, 2.45) is 5.92 Å². The summed E-state index contributed by atoms with van der Waals surface area (Å²) in [4.78, 5) is 19.6. The fourth-order valence-corrected chi connectivity index (χ4v) is 3.78. The fraction of sp³-hybridized carbons (Fsp3) is 0.565. The van der Waals surface area contributed by atoms with Crippen LogP contribution in [0.2, 0.25) is 0 Å². The maximum atomic E-state index is 12.5. The van der Waals surface area contributed by atoms with Crippen LogP contribution < -0.4 is 5.32 Å². The number of aryl methyl sites for hydroxylation is 2. The largest absolute Gasteiger partial charge is 0.441 e. The van der Waals surface area contributed by atoms with Crippen molar-refractivity contribution < 1.29 is 13.9 Å². The minimum atomic E-state index is 0.0410. The molecule has 0 unspecified atom stereocenters. The first-order valence-electron chi connectivity index (χ1n) is 10.7. The second-order valence-corrected chi connectivity index (χ2v) is 7.81. The van der Waals surface area contributed by atoms with Crippen LogP contribution in [0.4, 0.5) is 0 Å². The van der Waals surface area contributed by atoms with Gasteiger partial charge in [-0.3, -0.25) is 9.69 Å². The van der Waals surface area contributed by atoms with E-state index in [1.807, 2.05) is 26.0 Å². The van der Waals surface area contributed by atoms with Crippen LogP contribution in [-0.4, -0.2) is 48.6 Å². The van der Waals surface area contributed by atoms with Gasteiger partial charge >= 0.3 is 0 Å². The highest BCUT2D eigenvalue weighted by Gasteiger charge is 2.26. The molecule has 2 heterocycles. The van der Waals surface area contributed by atoms with E-state index >= 15 is 0 Å². The molecule has 1 saturated heterocycles. The van der Waals surface area contributed by atoms with Gasteiger partial charge in [-0.15, -0.1) is 0 Å². The Morgan fingerprint density at radius 2 is 2.24 bits per heavy atom. The summed E-state index contributed by atoms with van der Waals surface area (Å²) in [6.45, 7) is 10.6. The number of nitrogens with zero attached hydrogens (tertiary/aromatic N) is 2. The number of nitrogens with one attached hydrogen (secondary N) is 1. The first-order valence-corrected chi connectivity index (χ1v) is 10.7. The number of ether oxygens (including phenoxy) is 1. The Morgan fingerprint density at radius 1 is 1.38 bits per heavy atom. The molecule has 0 spiro atoms. The molecule has 0 bridgehead atoms. The van der Waals surface area contributed by atoms with E-state index in [-0.39, 0.29) is 11.8 Å². The Bertz CT molecular complexity index is 802. The van der Waals surface area contributed by atoms with Crippen molar-refractivity contribution in [2.75, 3.05) is 32.8 Å². The highest BCUT2D eigenvalue weighted by atomic mass is 16.5. The molecule has 29 heavy (non-hydrogen) atoms. The second kappa shape index (κ2) is 10.6. The lowest BCUT2D eigenvalue weighted by molar-refractivity contribution is -0.126. The third kappa shape index (κ3) is 6.15. The number of oxazole rings is 1. The summed E-state index contributed by atoms with van der Waals surface area (Å²) in [5.74, 6) is 1.72. The van der Waals surface area contributed by atoms with E-state index in [1.165, 1.54) is 5.56 Å². The van der Waals surface area contributed by atoms with Crippen LogP contribution >= 0.6 is 0 Å². The molecule has 1 N–H and O–H groups in total. The Balaban J connectivity index is 1.54. The molecule has 1 aliphatic rings. The van der Waals surface area contributed by atoms with Gasteiger partial charge in [-0.25, -0.2) is 4.98 Å². The number of hydrogen-bond acceptors (Lipinski definition) is 5. The van der Waals surface area contributed by atoms with E-state index < -0.39 is 0 Å². The van der Waals surface area contributed by atoms with Gasteiger partial charge in [0.05, 0.1) is 11.6 Å². The van der Waals surface area contributed by atoms with Crippen molar-refractivity contribution in [3.8, 4) is 11.5 Å². The van der Waals surface area contributed by atoms with Crippen LogP contribution in [0.15, 0.2) is 28.7 Å². The van der Waals surface area contributed by atoms with Gasteiger partial charge in [-0.1, -0.05) is 17.7 Å². The Morgan fingerprint density at radius 3 is 3.03 bits per heavy atom. The molecule has 6 heteroatoms. The molecule has 1 atom stereocenters. The van der Waals surface area contributed by atoms with Gasteiger partial charge in [0.1, 0.15) is 5.76 Å². The monoisotopic (exact) mass is 399 g/mol. The molecule has 1 aromatic heterocycles. The third-order valence-electron chi connectivity index (χ3n) is 5.38. The van der Waals surface area contributed by atoms with Crippen molar-refractivity contribution >= 4 is 5.91 Å². The highest BCUT2D eigenvalue weighted by Crippen LogP contribution is 2.25. The normalized spacial score (nSPS) is 17.4. The highest BCUT2D eigenvalue weighted by molar-refractivity contribution is 5.78. The molecule has 3 rings (SSSR count). The van der Waals surface area contributed by atoms with Crippen molar-refractivity contribution in [1.82, 2.24) is 15.2 Å². The van der Waals surface area contributed by atoms with Crippen LogP contribution in [0.25, 0.3) is 11.5 Å². The molecule has 1 fully saturated rings. The topological polar surface area (TPSA) is 67.6 Å². The summed E-state index contributed by atoms with van der Waals surface area (Å²) in [5.41, 5.74) is 3.15. The van der Waals surface area contributed by atoms with Crippen molar-refractivity contribution in [2.45, 2.75) is 46.6 Å². The standard InChI is InChI=1S/C23H33N3O3/c1-4-28-13-7-11-24-22(27)20-10-6-12-26(15-20)16-21-18(3)29-23(25-21)19-9-5-8-17(2)14-19/h5,8-9,14,20H,4,6-7,10-13,15-16H2,1-3H3,(H,24,27)/t20-/m0/s1. The third-order valence-corrected chi connectivity index (χ3v) is 5.38. The van der Waals surface area contributed by atoms with E-state index in [0.29, 0.717) is 19.0 Å². The first-order chi connectivity index (χ1) is 14.1. The molecule has 1 aromatic carbocycles. The lowest BCUT2D eigenvalue weighted by Crippen LogP contribution is -2.43. The number of amides is 1. The number of benzene rings is 1. The van der Waals surface area contributed by atoms with E-state index in [9.17, 15) is 4.79 Å². The molecule has 158 valence electrons. The second-order valence-electron chi connectivity index (χ2n) is 7.81. The SMILES string of the molecule is CCOCCCNC(=O)[C@H]1CCCN(Cc2nc(-c3cccc(C)c3)oc2C)C1. The van der Waals surface area contributed by atoms with Gasteiger partial charge in [-0.2, -0.15) is 0 Å². The minimum Gasteiger partial charge on any atom is -0.441 e. The number of carbonyl (C=O) groups is 1. The lowest BCUT2D eigenvalue weighted by Gasteiger charge is -2.31. The Kier molecular flexibility index (Phi) is 7.83. The zero-order chi connectivity index (χ0) is 20.6. The summed E-state index contributed by atoms with van der Waals surface area (Å²) in [6, 6.07) is 8.19. The number of carbonyl (C=O) groups excluding carboxylic acids is 1. The summed E-state index contributed by atoms with van der Waals surface area (Å²) in [7, 11) is 0. The van der Waals surface area contributed by atoms with Gasteiger partial charge in [0.2, 0.25) is 11.8 Å². The van der Waals surface area contributed by atoms with Crippen molar-refractivity contribution in [1.29, 1.82) is 0 Å². The molecular weight excluding hydrogens is 366 g/mol. The average Bonchev–Trinajstić information content (AvgIpc) is 3.08. The Hall–Kier alpha value is -2.18. The number of rotatable bonds is 9. The van der Waals surface area contributed by atoms with Gasteiger partial charge in [-0.05, 0) is 58.7 Å². The molecule has 0 aliphatic carbocycles. The lowest BCUT2D eigenvalue weighted by atomic mass is 9.97. The molecule has 0 radical (unpaired) electrons.